The molecular weight excluding hydrogens is 274 g/mol. The Balaban J connectivity index is 1.64. The number of rotatable bonds is 7. The zero-order chi connectivity index (χ0) is 15.8. The topological polar surface area (TPSA) is 42.9 Å². The van der Waals surface area contributed by atoms with E-state index in [4.69, 9.17) is 0 Å². The second kappa shape index (κ2) is 9.36. The molecule has 2 heterocycles. The van der Waals surface area contributed by atoms with E-state index in [1.807, 2.05) is 7.05 Å². The van der Waals surface area contributed by atoms with Gasteiger partial charge in [-0.05, 0) is 57.8 Å². The molecule has 0 aliphatic carbocycles. The van der Waals surface area contributed by atoms with Gasteiger partial charge in [0.05, 0.1) is 0 Å². The molecule has 0 aromatic rings. The Hall–Kier alpha value is -0.810. The van der Waals surface area contributed by atoms with Gasteiger partial charge >= 0.3 is 0 Å². The van der Waals surface area contributed by atoms with E-state index in [0.29, 0.717) is 12.0 Å². The maximum Gasteiger partial charge on any atom is 0.191 e. The van der Waals surface area contributed by atoms with Crippen LogP contribution >= 0.6 is 0 Å². The van der Waals surface area contributed by atoms with Gasteiger partial charge < -0.3 is 15.5 Å². The third-order valence-corrected chi connectivity index (χ3v) is 5.02. The van der Waals surface area contributed by atoms with E-state index in [1.54, 1.807) is 0 Å². The molecule has 0 aromatic carbocycles. The second-order valence-corrected chi connectivity index (χ2v) is 6.87. The zero-order valence-electron chi connectivity index (χ0n) is 14.8. The highest BCUT2D eigenvalue weighted by molar-refractivity contribution is 5.79. The summed E-state index contributed by atoms with van der Waals surface area (Å²) in [6.07, 6.45) is 5.39. The predicted octanol–water partition coefficient (Wildman–Crippen LogP) is 1.37. The SMILES string of the molecule is CCN1CCCC1CNC(=NC)NCC(C)CN1CCCC1. The highest BCUT2D eigenvalue weighted by Gasteiger charge is 2.22. The number of nitrogens with one attached hydrogen (secondary N) is 2. The van der Waals surface area contributed by atoms with Crippen LogP contribution in [0.3, 0.4) is 0 Å². The van der Waals surface area contributed by atoms with Gasteiger partial charge in [0.15, 0.2) is 5.96 Å². The molecule has 2 fully saturated rings. The largest absolute Gasteiger partial charge is 0.356 e. The van der Waals surface area contributed by atoms with Crippen molar-refractivity contribution in [1.82, 2.24) is 20.4 Å². The molecule has 2 aliphatic heterocycles. The third-order valence-electron chi connectivity index (χ3n) is 5.02. The van der Waals surface area contributed by atoms with E-state index in [9.17, 15) is 0 Å². The highest BCUT2D eigenvalue weighted by atomic mass is 15.2. The van der Waals surface area contributed by atoms with Gasteiger partial charge in [-0.1, -0.05) is 13.8 Å². The van der Waals surface area contributed by atoms with Crippen molar-refractivity contribution < 1.29 is 0 Å². The minimum Gasteiger partial charge on any atom is -0.356 e. The zero-order valence-corrected chi connectivity index (χ0v) is 14.8. The summed E-state index contributed by atoms with van der Waals surface area (Å²) in [5, 5.41) is 7.00. The quantitative estimate of drug-likeness (QED) is 0.551. The Morgan fingerprint density at radius 1 is 1.18 bits per heavy atom. The molecule has 22 heavy (non-hydrogen) atoms. The Labute approximate surface area is 136 Å². The van der Waals surface area contributed by atoms with Crippen molar-refractivity contribution in [3.63, 3.8) is 0 Å². The van der Waals surface area contributed by atoms with Crippen molar-refractivity contribution in [3.8, 4) is 0 Å². The molecule has 2 unspecified atom stereocenters. The number of hydrogen-bond donors (Lipinski definition) is 2. The molecule has 5 heteroatoms. The molecule has 0 bridgehead atoms. The van der Waals surface area contributed by atoms with Gasteiger partial charge in [-0.3, -0.25) is 9.89 Å². The van der Waals surface area contributed by atoms with Gasteiger partial charge in [0, 0.05) is 32.7 Å². The maximum atomic E-state index is 4.37. The lowest BCUT2D eigenvalue weighted by molar-refractivity contribution is 0.266. The van der Waals surface area contributed by atoms with Crippen LogP contribution < -0.4 is 10.6 Å². The van der Waals surface area contributed by atoms with E-state index in [1.165, 1.54) is 51.9 Å². The summed E-state index contributed by atoms with van der Waals surface area (Å²) >= 11 is 0. The first-order valence-electron chi connectivity index (χ1n) is 9.13. The van der Waals surface area contributed by atoms with Crippen LogP contribution in [0.5, 0.6) is 0 Å². The van der Waals surface area contributed by atoms with Crippen LogP contribution in [-0.2, 0) is 0 Å². The number of guanidine groups is 1. The van der Waals surface area contributed by atoms with E-state index in [2.05, 4.69) is 39.3 Å². The molecule has 2 atom stereocenters. The van der Waals surface area contributed by atoms with Crippen LogP contribution in [-0.4, -0.2) is 74.7 Å². The molecule has 0 saturated carbocycles. The van der Waals surface area contributed by atoms with Crippen molar-refractivity contribution in [1.29, 1.82) is 0 Å². The molecular formula is C17H35N5. The lowest BCUT2D eigenvalue weighted by Gasteiger charge is -2.25. The fraction of sp³-hybridized carbons (Fsp3) is 0.941. The number of likely N-dealkylation sites (N-methyl/N-ethyl adjacent to an activating group) is 1. The summed E-state index contributed by atoms with van der Waals surface area (Å²) in [7, 11) is 1.87. The number of likely N-dealkylation sites (tertiary alicyclic amines) is 2. The molecule has 0 spiro atoms. The summed E-state index contributed by atoms with van der Waals surface area (Å²) in [5.74, 6) is 1.62. The Bertz CT molecular complexity index is 338. The first-order chi connectivity index (χ1) is 10.7. The van der Waals surface area contributed by atoms with Gasteiger partial charge in [-0.2, -0.15) is 0 Å². The first-order valence-corrected chi connectivity index (χ1v) is 9.13. The van der Waals surface area contributed by atoms with Crippen molar-refractivity contribution in [2.75, 3.05) is 52.9 Å². The van der Waals surface area contributed by atoms with Crippen molar-refractivity contribution >= 4 is 5.96 Å². The van der Waals surface area contributed by atoms with Gasteiger partial charge in [0.1, 0.15) is 0 Å². The van der Waals surface area contributed by atoms with Crippen molar-refractivity contribution in [3.05, 3.63) is 0 Å². The van der Waals surface area contributed by atoms with Crippen LogP contribution in [0, 0.1) is 5.92 Å². The number of hydrogen-bond acceptors (Lipinski definition) is 3. The third kappa shape index (κ3) is 5.43. The fourth-order valence-corrected chi connectivity index (χ4v) is 3.72. The summed E-state index contributed by atoms with van der Waals surface area (Å²) in [4.78, 5) is 9.52. The number of nitrogens with zero attached hydrogens (tertiary/aromatic N) is 3. The summed E-state index contributed by atoms with van der Waals surface area (Å²) in [5.41, 5.74) is 0. The van der Waals surface area contributed by atoms with Gasteiger partial charge in [0.2, 0.25) is 0 Å². The van der Waals surface area contributed by atoms with Crippen molar-refractivity contribution in [2.45, 2.75) is 45.6 Å². The Morgan fingerprint density at radius 3 is 2.64 bits per heavy atom. The molecule has 2 rings (SSSR count). The molecule has 2 N–H and O–H groups in total. The Morgan fingerprint density at radius 2 is 1.95 bits per heavy atom. The smallest absolute Gasteiger partial charge is 0.191 e. The normalized spacial score (nSPS) is 25.6. The highest BCUT2D eigenvalue weighted by Crippen LogP contribution is 2.15. The van der Waals surface area contributed by atoms with E-state index in [0.717, 1.165) is 25.6 Å². The lowest BCUT2D eigenvalue weighted by atomic mass is 10.1. The van der Waals surface area contributed by atoms with Crippen LogP contribution in [0.1, 0.15) is 39.5 Å². The fourth-order valence-electron chi connectivity index (χ4n) is 3.72. The molecule has 2 aliphatic rings. The minimum absolute atomic E-state index is 0.662. The molecule has 5 nitrogen and oxygen atoms in total. The van der Waals surface area contributed by atoms with Crippen molar-refractivity contribution in [2.24, 2.45) is 10.9 Å². The minimum atomic E-state index is 0.662. The maximum absolute atomic E-state index is 4.37. The first kappa shape index (κ1) is 17.5. The van der Waals surface area contributed by atoms with Gasteiger partial charge in [-0.15, -0.1) is 0 Å². The Kier molecular flexibility index (Phi) is 7.46. The molecule has 128 valence electrons. The standard InChI is InChI=1S/C17H35N5/c1-4-22-11-7-8-16(22)13-20-17(18-3)19-12-15(2)14-21-9-5-6-10-21/h15-16H,4-14H2,1-3H3,(H2,18,19,20). The van der Waals surface area contributed by atoms with E-state index in [-0.39, 0.29) is 0 Å². The molecule has 0 aromatic heterocycles. The predicted molar refractivity (Wildman–Crippen MR) is 94.5 cm³/mol. The number of aliphatic imine (C=N–C) groups is 1. The monoisotopic (exact) mass is 309 g/mol. The summed E-state index contributed by atoms with van der Waals surface area (Å²) in [6, 6.07) is 0.672. The average Bonchev–Trinajstić information content (AvgIpc) is 3.18. The van der Waals surface area contributed by atoms with Gasteiger partial charge in [0.25, 0.3) is 0 Å². The van der Waals surface area contributed by atoms with E-state index < -0.39 is 0 Å². The second-order valence-electron chi connectivity index (χ2n) is 6.87. The average molecular weight is 310 g/mol. The van der Waals surface area contributed by atoms with Crippen LogP contribution in [0.15, 0.2) is 4.99 Å². The summed E-state index contributed by atoms with van der Waals surface area (Å²) < 4.78 is 0. The molecule has 0 radical (unpaired) electrons. The van der Waals surface area contributed by atoms with Gasteiger partial charge in [-0.25, -0.2) is 0 Å². The molecule has 2 saturated heterocycles. The van der Waals surface area contributed by atoms with E-state index >= 15 is 0 Å². The molecule has 0 amide bonds. The summed E-state index contributed by atoms with van der Waals surface area (Å²) in [6.45, 7) is 12.8. The van der Waals surface area contributed by atoms with Crippen LogP contribution in [0.2, 0.25) is 0 Å². The van der Waals surface area contributed by atoms with Crippen LogP contribution in [0.25, 0.3) is 0 Å². The van der Waals surface area contributed by atoms with Crippen LogP contribution in [0.4, 0.5) is 0 Å². The lowest BCUT2D eigenvalue weighted by Crippen LogP contribution is -2.46.